The number of thiazole rings is 1. The van der Waals surface area contributed by atoms with Crippen LogP contribution in [-0.2, 0) is 28.7 Å². The van der Waals surface area contributed by atoms with Gasteiger partial charge in [0.05, 0.1) is 18.8 Å². The molecule has 2 N–H and O–H groups in total. The Hall–Kier alpha value is -1.27. The highest BCUT2D eigenvalue weighted by molar-refractivity contribution is 14.0. The third-order valence-electron chi connectivity index (χ3n) is 3.41. The fourth-order valence-corrected chi connectivity index (χ4v) is 3.89. The highest BCUT2D eigenvalue weighted by atomic mass is 127. The molecule has 1 aromatic carbocycles. The molecular weight excluding hydrogens is 502 g/mol. The first kappa shape index (κ1) is 23.8. The summed E-state index contributed by atoms with van der Waals surface area (Å²) in [5.74, 6) is 0.0131. The number of hydrogen-bond donors (Lipinski definition) is 2. The number of aryl methyl sites for hydroxylation is 1. The van der Waals surface area contributed by atoms with Gasteiger partial charge in [-0.15, -0.1) is 35.3 Å². The number of rotatable bonds is 7. The van der Waals surface area contributed by atoms with Crippen LogP contribution in [0.2, 0.25) is 0 Å². The zero-order valence-electron chi connectivity index (χ0n) is 15.5. The van der Waals surface area contributed by atoms with Gasteiger partial charge in [0.25, 0.3) is 0 Å². The lowest BCUT2D eigenvalue weighted by molar-refractivity contribution is 0.600. The predicted molar refractivity (Wildman–Crippen MR) is 119 cm³/mol. The second-order valence-corrected chi connectivity index (χ2v) is 9.36. The number of benzene rings is 1. The molecule has 0 fully saturated rings. The van der Waals surface area contributed by atoms with Gasteiger partial charge < -0.3 is 10.6 Å². The minimum absolute atomic E-state index is 0. The molecule has 6 nitrogen and oxygen atoms in total. The van der Waals surface area contributed by atoms with Crippen LogP contribution in [0.15, 0.2) is 29.4 Å². The van der Waals surface area contributed by atoms with Gasteiger partial charge in [-0.3, -0.25) is 0 Å². The topological polar surface area (TPSA) is 83.5 Å². The number of guanidine groups is 1. The molecule has 0 radical (unpaired) electrons. The van der Waals surface area contributed by atoms with E-state index in [1.165, 1.54) is 18.2 Å². The van der Waals surface area contributed by atoms with Crippen molar-refractivity contribution in [3.05, 3.63) is 51.2 Å². The molecule has 0 amide bonds. The third kappa shape index (κ3) is 8.52. The van der Waals surface area contributed by atoms with Crippen LogP contribution in [0.4, 0.5) is 4.39 Å². The Balaban J connectivity index is 0.00000364. The molecule has 1 heterocycles. The molecule has 0 saturated carbocycles. The van der Waals surface area contributed by atoms with Gasteiger partial charge in [0.15, 0.2) is 15.8 Å². The Morgan fingerprint density at radius 3 is 2.63 bits per heavy atom. The molecule has 0 atom stereocenters. The molecule has 0 spiro atoms. The van der Waals surface area contributed by atoms with Gasteiger partial charge in [-0.1, -0.05) is 6.07 Å². The number of aromatic nitrogens is 1. The van der Waals surface area contributed by atoms with E-state index in [-0.39, 0.29) is 36.3 Å². The average Bonchev–Trinajstić information content (AvgIpc) is 2.96. The van der Waals surface area contributed by atoms with Gasteiger partial charge in [0.2, 0.25) is 0 Å². The van der Waals surface area contributed by atoms with Crippen molar-refractivity contribution in [2.45, 2.75) is 32.7 Å². The highest BCUT2D eigenvalue weighted by Gasteiger charge is 2.11. The van der Waals surface area contributed by atoms with Crippen LogP contribution in [0.3, 0.4) is 0 Å². The van der Waals surface area contributed by atoms with E-state index in [1.807, 2.05) is 20.0 Å². The van der Waals surface area contributed by atoms with Gasteiger partial charge in [-0.05, 0) is 37.1 Å². The quantitative estimate of drug-likeness (QED) is 0.330. The van der Waals surface area contributed by atoms with Crippen molar-refractivity contribution >= 4 is 51.1 Å². The summed E-state index contributed by atoms with van der Waals surface area (Å²) in [4.78, 5) is 9.87. The molecular formula is C17H24FIN4O2S2. The van der Waals surface area contributed by atoms with E-state index in [0.29, 0.717) is 30.2 Å². The second-order valence-electron chi connectivity index (χ2n) is 5.90. The summed E-state index contributed by atoms with van der Waals surface area (Å²) in [6, 6.07) is 4.10. The van der Waals surface area contributed by atoms with E-state index >= 15 is 0 Å². The Morgan fingerprint density at radius 1 is 1.30 bits per heavy atom. The number of nitrogens with one attached hydrogen (secondary N) is 2. The SMILES string of the molecule is CCNC(=NCc1cc(F)ccc1CS(C)(=O)=O)NCc1ncc(C)s1.I. The van der Waals surface area contributed by atoms with Crippen molar-refractivity contribution in [3.8, 4) is 0 Å². The van der Waals surface area contributed by atoms with Crippen LogP contribution in [0.25, 0.3) is 0 Å². The number of aliphatic imine (C=N–C) groups is 1. The first-order chi connectivity index (χ1) is 12.3. The highest BCUT2D eigenvalue weighted by Crippen LogP contribution is 2.16. The maximum absolute atomic E-state index is 13.6. The number of sulfone groups is 1. The molecule has 2 aromatic rings. The summed E-state index contributed by atoms with van der Waals surface area (Å²) in [6.07, 6.45) is 2.97. The smallest absolute Gasteiger partial charge is 0.191 e. The van der Waals surface area contributed by atoms with Gasteiger partial charge in [0, 0.05) is 23.9 Å². The molecule has 150 valence electrons. The Labute approximate surface area is 180 Å². The zero-order chi connectivity index (χ0) is 19.2. The lowest BCUT2D eigenvalue weighted by Gasteiger charge is -2.11. The standard InChI is InChI=1S/C17H23FN4O2S2.HI/c1-4-19-17(22-10-16-20-8-12(2)25-16)21-9-14-7-15(18)6-5-13(14)11-26(3,23)24;/h5-8H,4,9-11H2,1-3H3,(H2,19,21,22);1H. The van der Waals surface area contributed by atoms with Crippen LogP contribution in [-0.4, -0.2) is 32.2 Å². The van der Waals surface area contributed by atoms with Gasteiger partial charge in [0.1, 0.15) is 10.8 Å². The lowest BCUT2D eigenvalue weighted by atomic mass is 10.1. The van der Waals surface area contributed by atoms with E-state index in [9.17, 15) is 12.8 Å². The van der Waals surface area contributed by atoms with Crippen LogP contribution in [0.5, 0.6) is 0 Å². The fourth-order valence-electron chi connectivity index (χ4n) is 2.31. The minimum Gasteiger partial charge on any atom is -0.357 e. The van der Waals surface area contributed by atoms with E-state index in [1.54, 1.807) is 11.3 Å². The number of halogens is 2. The maximum Gasteiger partial charge on any atom is 0.191 e. The van der Waals surface area contributed by atoms with Gasteiger partial charge in [-0.2, -0.15) is 0 Å². The molecule has 0 saturated heterocycles. The van der Waals surface area contributed by atoms with E-state index in [4.69, 9.17) is 0 Å². The van der Waals surface area contributed by atoms with E-state index in [2.05, 4.69) is 20.6 Å². The van der Waals surface area contributed by atoms with Crippen molar-refractivity contribution in [2.75, 3.05) is 12.8 Å². The fraction of sp³-hybridized carbons (Fsp3) is 0.412. The summed E-state index contributed by atoms with van der Waals surface area (Å²) >= 11 is 1.60. The molecule has 0 aliphatic heterocycles. The Morgan fingerprint density at radius 2 is 2.04 bits per heavy atom. The molecule has 27 heavy (non-hydrogen) atoms. The van der Waals surface area contributed by atoms with Gasteiger partial charge >= 0.3 is 0 Å². The first-order valence-corrected chi connectivity index (χ1v) is 11.0. The molecule has 0 aliphatic rings. The maximum atomic E-state index is 13.6. The minimum atomic E-state index is -3.21. The van der Waals surface area contributed by atoms with Crippen LogP contribution >= 0.6 is 35.3 Å². The van der Waals surface area contributed by atoms with Crippen molar-refractivity contribution in [2.24, 2.45) is 4.99 Å². The van der Waals surface area contributed by atoms with Crippen LogP contribution in [0.1, 0.15) is 27.9 Å². The largest absolute Gasteiger partial charge is 0.357 e. The summed E-state index contributed by atoms with van der Waals surface area (Å²) in [7, 11) is -3.21. The van der Waals surface area contributed by atoms with Crippen LogP contribution in [0, 0.1) is 12.7 Å². The molecule has 1 aromatic heterocycles. The monoisotopic (exact) mass is 526 g/mol. The number of hydrogen-bond acceptors (Lipinski definition) is 5. The molecule has 10 heteroatoms. The van der Waals surface area contributed by atoms with Crippen molar-refractivity contribution in [1.29, 1.82) is 0 Å². The summed E-state index contributed by atoms with van der Waals surface area (Å²) < 4.78 is 36.7. The molecule has 0 aliphatic carbocycles. The second kappa shape index (κ2) is 10.9. The Kier molecular flexibility index (Phi) is 9.60. The zero-order valence-corrected chi connectivity index (χ0v) is 19.4. The Bertz CT molecular complexity index is 885. The molecule has 0 bridgehead atoms. The first-order valence-electron chi connectivity index (χ1n) is 8.15. The van der Waals surface area contributed by atoms with E-state index in [0.717, 1.165) is 16.1 Å². The van der Waals surface area contributed by atoms with Crippen molar-refractivity contribution in [3.63, 3.8) is 0 Å². The average molecular weight is 526 g/mol. The predicted octanol–water partition coefficient (Wildman–Crippen LogP) is 3.01. The van der Waals surface area contributed by atoms with E-state index < -0.39 is 15.7 Å². The van der Waals surface area contributed by atoms with Crippen molar-refractivity contribution < 1.29 is 12.8 Å². The molecule has 2 rings (SSSR count). The summed E-state index contributed by atoms with van der Waals surface area (Å²) in [6.45, 7) is 5.32. The van der Waals surface area contributed by atoms with Gasteiger partial charge in [-0.25, -0.2) is 22.8 Å². The van der Waals surface area contributed by atoms with Crippen molar-refractivity contribution in [1.82, 2.24) is 15.6 Å². The normalized spacial score (nSPS) is 11.8. The summed E-state index contributed by atoms with van der Waals surface area (Å²) in [5.41, 5.74) is 1.11. The summed E-state index contributed by atoms with van der Waals surface area (Å²) in [5, 5.41) is 7.23. The lowest BCUT2D eigenvalue weighted by Crippen LogP contribution is -2.36. The van der Waals surface area contributed by atoms with Crippen LogP contribution < -0.4 is 10.6 Å². The number of nitrogens with zero attached hydrogens (tertiary/aromatic N) is 2. The molecule has 0 unspecified atom stereocenters. The third-order valence-corrected chi connectivity index (χ3v) is 5.16.